The Morgan fingerprint density at radius 1 is 1.64 bits per heavy atom. The first kappa shape index (κ1) is 9.89. The van der Waals surface area contributed by atoms with Gasteiger partial charge in [-0.2, -0.15) is 0 Å². The van der Waals surface area contributed by atoms with Gasteiger partial charge >= 0.3 is 0 Å². The number of aryl methyl sites for hydroxylation is 1. The van der Waals surface area contributed by atoms with Crippen LogP contribution in [-0.2, 0) is 6.54 Å². The maximum Gasteiger partial charge on any atom is 0.237 e. The van der Waals surface area contributed by atoms with Crippen LogP contribution in [0.15, 0.2) is 20.3 Å². The van der Waals surface area contributed by atoms with Gasteiger partial charge in [0.05, 0.1) is 12.2 Å². The summed E-state index contributed by atoms with van der Waals surface area (Å²) in [6.45, 7) is 2.29. The number of nitrogens with zero attached hydrogens (tertiary/aromatic N) is 1. The molecule has 0 radical (unpaired) electrons. The molecule has 2 rings (SSSR count). The topological polar surface area (TPSA) is 52.0 Å². The molecule has 3 nitrogen and oxygen atoms in total. The number of aromatic nitrogens is 1. The largest absolute Gasteiger partial charge is 0.439 e. The summed E-state index contributed by atoms with van der Waals surface area (Å²) >= 11 is 5.03. The van der Waals surface area contributed by atoms with Gasteiger partial charge in [0, 0.05) is 4.47 Å². The van der Waals surface area contributed by atoms with Crippen molar-refractivity contribution in [1.82, 2.24) is 4.98 Å². The van der Waals surface area contributed by atoms with Crippen molar-refractivity contribution in [2.75, 3.05) is 0 Å². The average molecular weight is 273 g/mol. The maximum atomic E-state index is 5.53. The third-order valence-corrected chi connectivity index (χ3v) is 3.72. The lowest BCUT2D eigenvalue weighted by Crippen LogP contribution is -1.95. The Balaban J connectivity index is 2.47. The lowest BCUT2D eigenvalue weighted by atomic mass is 10.4. The fourth-order valence-electron chi connectivity index (χ4n) is 1.16. The summed E-state index contributed by atoms with van der Waals surface area (Å²) in [6, 6.07) is 1.97. The normalized spacial score (nSPS) is 10.8. The van der Waals surface area contributed by atoms with Crippen molar-refractivity contribution >= 4 is 27.3 Å². The van der Waals surface area contributed by atoms with Crippen LogP contribution in [0.3, 0.4) is 0 Å². The zero-order chi connectivity index (χ0) is 10.1. The molecule has 0 bridgehead atoms. The van der Waals surface area contributed by atoms with Crippen LogP contribution < -0.4 is 5.73 Å². The van der Waals surface area contributed by atoms with E-state index in [4.69, 9.17) is 10.2 Å². The summed E-state index contributed by atoms with van der Waals surface area (Å²) in [5, 5.41) is 1.99. The summed E-state index contributed by atoms with van der Waals surface area (Å²) < 4.78 is 6.54. The quantitative estimate of drug-likeness (QED) is 0.915. The molecule has 0 aliphatic carbocycles. The molecular formula is C9H9BrN2OS. The first-order chi connectivity index (χ1) is 6.72. The molecule has 2 heterocycles. The summed E-state index contributed by atoms with van der Waals surface area (Å²) in [4.78, 5) is 5.33. The van der Waals surface area contributed by atoms with Gasteiger partial charge in [-0.1, -0.05) is 0 Å². The molecule has 0 aromatic carbocycles. The Hall–Kier alpha value is -0.650. The van der Waals surface area contributed by atoms with E-state index in [-0.39, 0.29) is 0 Å². The minimum atomic E-state index is 0.391. The van der Waals surface area contributed by atoms with E-state index in [1.165, 1.54) is 0 Å². The Bertz CT molecular complexity index is 449. The van der Waals surface area contributed by atoms with Crippen molar-refractivity contribution in [1.29, 1.82) is 0 Å². The Kier molecular flexibility index (Phi) is 2.71. The summed E-state index contributed by atoms with van der Waals surface area (Å²) in [7, 11) is 0. The molecule has 74 valence electrons. The fourth-order valence-corrected chi connectivity index (χ4v) is 2.63. The molecular weight excluding hydrogens is 264 g/mol. The van der Waals surface area contributed by atoms with Crippen molar-refractivity contribution in [3.63, 3.8) is 0 Å². The van der Waals surface area contributed by atoms with Crippen molar-refractivity contribution in [3.8, 4) is 10.8 Å². The molecule has 0 aliphatic heterocycles. The predicted octanol–water partition coefficient (Wildman–Crippen LogP) is 2.93. The summed E-state index contributed by atoms with van der Waals surface area (Å²) in [5.41, 5.74) is 6.38. The maximum absolute atomic E-state index is 5.53. The molecule has 0 saturated heterocycles. The van der Waals surface area contributed by atoms with E-state index in [0.717, 1.165) is 20.8 Å². The SMILES string of the molecule is Cc1nc(-c2sccc2Br)oc1CN. The van der Waals surface area contributed by atoms with Crippen molar-refractivity contribution < 1.29 is 4.42 Å². The Labute approximate surface area is 94.1 Å². The average Bonchev–Trinajstić information content (AvgIpc) is 2.71. The van der Waals surface area contributed by atoms with Gasteiger partial charge in [-0.05, 0) is 34.3 Å². The minimum Gasteiger partial charge on any atom is -0.439 e. The number of rotatable bonds is 2. The van der Waals surface area contributed by atoms with Gasteiger partial charge in [-0.25, -0.2) is 4.98 Å². The van der Waals surface area contributed by atoms with Crippen LogP contribution in [0, 0.1) is 6.92 Å². The van der Waals surface area contributed by atoms with E-state index in [9.17, 15) is 0 Å². The molecule has 2 aromatic heterocycles. The summed E-state index contributed by atoms with van der Waals surface area (Å²) in [6.07, 6.45) is 0. The molecule has 0 spiro atoms. The van der Waals surface area contributed by atoms with Crippen molar-refractivity contribution in [3.05, 3.63) is 27.4 Å². The highest BCUT2D eigenvalue weighted by atomic mass is 79.9. The highest BCUT2D eigenvalue weighted by Crippen LogP contribution is 2.33. The lowest BCUT2D eigenvalue weighted by Gasteiger charge is -1.90. The van der Waals surface area contributed by atoms with E-state index in [1.807, 2.05) is 18.4 Å². The van der Waals surface area contributed by atoms with Crippen molar-refractivity contribution in [2.45, 2.75) is 13.5 Å². The van der Waals surface area contributed by atoms with Gasteiger partial charge in [-0.15, -0.1) is 11.3 Å². The second kappa shape index (κ2) is 3.84. The van der Waals surface area contributed by atoms with Gasteiger partial charge in [0.15, 0.2) is 0 Å². The third kappa shape index (κ3) is 1.63. The molecule has 2 N–H and O–H groups in total. The number of hydrogen-bond acceptors (Lipinski definition) is 4. The van der Waals surface area contributed by atoms with Crippen molar-refractivity contribution in [2.24, 2.45) is 5.73 Å². The molecule has 0 amide bonds. The molecule has 0 fully saturated rings. The minimum absolute atomic E-state index is 0.391. The summed E-state index contributed by atoms with van der Waals surface area (Å²) in [5.74, 6) is 1.39. The third-order valence-electron chi connectivity index (χ3n) is 1.89. The van der Waals surface area contributed by atoms with Crippen LogP contribution in [0.2, 0.25) is 0 Å². The van der Waals surface area contributed by atoms with Gasteiger partial charge < -0.3 is 10.2 Å². The first-order valence-corrected chi connectivity index (χ1v) is 5.79. The predicted molar refractivity (Wildman–Crippen MR) is 60.1 cm³/mol. The lowest BCUT2D eigenvalue weighted by molar-refractivity contribution is 0.519. The van der Waals surface area contributed by atoms with Gasteiger partial charge in [-0.3, -0.25) is 0 Å². The van der Waals surface area contributed by atoms with Crippen LogP contribution in [0.5, 0.6) is 0 Å². The number of oxazole rings is 1. The smallest absolute Gasteiger partial charge is 0.237 e. The first-order valence-electron chi connectivity index (χ1n) is 4.12. The molecule has 2 aromatic rings. The number of hydrogen-bond donors (Lipinski definition) is 1. The van der Waals surface area contributed by atoms with E-state index in [0.29, 0.717) is 12.4 Å². The molecule has 0 aliphatic rings. The van der Waals surface area contributed by atoms with Gasteiger partial charge in [0.25, 0.3) is 0 Å². The standard InChI is InChI=1S/C9H9BrN2OS/c1-5-7(4-11)13-9(12-5)8-6(10)2-3-14-8/h2-3H,4,11H2,1H3. The number of halogens is 1. The molecule has 0 atom stereocenters. The number of thiophene rings is 1. The van der Waals surface area contributed by atoms with E-state index < -0.39 is 0 Å². The molecule has 5 heteroatoms. The highest BCUT2D eigenvalue weighted by Gasteiger charge is 2.13. The second-order valence-corrected chi connectivity index (χ2v) is 4.60. The molecule has 14 heavy (non-hydrogen) atoms. The van der Waals surface area contributed by atoms with Crippen LogP contribution in [0.25, 0.3) is 10.8 Å². The highest BCUT2D eigenvalue weighted by molar-refractivity contribution is 9.10. The molecule has 0 unspecified atom stereocenters. The van der Waals surface area contributed by atoms with E-state index in [2.05, 4.69) is 20.9 Å². The van der Waals surface area contributed by atoms with Gasteiger partial charge in [0.1, 0.15) is 10.6 Å². The fraction of sp³-hybridized carbons (Fsp3) is 0.222. The van der Waals surface area contributed by atoms with Gasteiger partial charge in [0.2, 0.25) is 5.89 Å². The van der Waals surface area contributed by atoms with Crippen LogP contribution in [0.1, 0.15) is 11.5 Å². The second-order valence-electron chi connectivity index (χ2n) is 2.83. The number of nitrogens with two attached hydrogens (primary N) is 1. The van der Waals surface area contributed by atoms with E-state index in [1.54, 1.807) is 11.3 Å². The van der Waals surface area contributed by atoms with E-state index >= 15 is 0 Å². The van der Waals surface area contributed by atoms with Crippen LogP contribution in [0.4, 0.5) is 0 Å². The monoisotopic (exact) mass is 272 g/mol. The molecule has 0 saturated carbocycles. The Morgan fingerprint density at radius 2 is 2.43 bits per heavy atom. The van der Waals surface area contributed by atoms with Crippen LogP contribution in [-0.4, -0.2) is 4.98 Å². The zero-order valence-electron chi connectivity index (χ0n) is 7.58. The Morgan fingerprint density at radius 3 is 2.93 bits per heavy atom. The zero-order valence-corrected chi connectivity index (χ0v) is 9.98. The van der Waals surface area contributed by atoms with Crippen LogP contribution >= 0.6 is 27.3 Å².